The first-order valence-corrected chi connectivity index (χ1v) is 5.52. The van der Waals surface area contributed by atoms with Crippen LogP contribution in [0, 0.1) is 15.9 Å². The lowest BCUT2D eigenvalue weighted by atomic mass is 10.2. The third-order valence-electron chi connectivity index (χ3n) is 2.58. The summed E-state index contributed by atoms with van der Waals surface area (Å²) >= 11 is 0. The SMILES string of the molecule is O=[N+]([O-])c1ccc(NCc2ccc(O)cc2)cc1F. The zero-order valence-electron chi connectivity index (χ0n) is 9.84. The smallest absolute Gasteiger partial charge is 0.304 e. The fourth-order valence-corrected chi connectivity index (χ4v) is 1.58. The van der Waals surface area contributed by atoms with Crippen molar-refractivity contribution >= 4 is 11.4 Å². The Bertz CT molecular complexity index is 599. The Morgan fingerprint density at radius 1 is 1.21 bits per heavy atom. The average molecular weight is 262 g/mol. The first-order chi connectivity index (χ1) is 9.06. The molecule has 2 aromatic carbocycles. The number of nitro benzene ring substituents is 1. The van der Waals surface area contributed by atoms with E-state index in [1.54, 1.807) is 24.3 Å². The molecular weight excluding hydrogens is 251 g/mol. The maximum absolute atomic E-state index is 13.4. The van der Waals surface area contributed by atoms with Gasteiger partial charge in [-0.3, -0.25) is 10.1 Å². The average Bonchev–Trinajstić information content (AvgIpc) is 2.37. The van der Waals surface area contributed by atoms with Crippen LogP contribution in [0.2, 0.25) is 0 Å². The molecule has 5 nitrogen and oxygen atoms in total. The van der Waals surface area contributed by atoms with Crippen LogP contribution < -0.4 is 5.32 Å². The van der Waals surface area contributed by atoms with Gasteiger partial charge < -0.3 is 10.4 Å². The van der Waals surface area contributed by atoms with Gasteiger partial charge in [0.15, 0.2) is 0 Å². The molecule has 0 heterocycles. The van der Waals surface area contributed by atoms with E-state index in [0.29, 0.717) is 12.2 Å². The molecule has 19 heavy (non-hydrogen) atoms. The van der Waals surface area contributed by atoms with Crippen LogP contribution in [0.5, 0.6) is 5.75 Å². The number of anilines is 1. The summed E-state index contributed by atoms with van der Waals surface area (Å²) in [5.74, 6) is -0.703. The van der Waals surface area contributed by atoms with E-state index >= 15 is 0 Å². The van der Waals surface area contributed by atoms with Crippen LogP contribution in [-0.4, -0.2) is 10.0 Å². The standard InChI is InChI=1S/C13H11FN2O3/c14-12-7-10(3-6-13(12)16(18)19)15-8-9-1-4-11(17)5-2-9/h1-7,15,17H,8H2. The molecule has 2 aromatic rings. The second-order valence-corrected chi connectivity index (χ2v) is 3.94. The van der Waals surface area contributed by atoms with E-state index in [2.05, 4.69) is 5.32 Å². The lowest BCUT2D eigenvalue weighted by Gasteiger charge is -2.06. The molecular formula is C13H11FN2O3. The molecule has 0 aliphatic heterocycles. The van der Waals surface area contributed by atoms with E-state index in [4.69, 9.17) is 5.11 Å². The number of halogens is 1. The number of rotatable bonds is 4. The van der Waals surface area contributed by atoms with Gasteiger partial charge in [0.2, 0.25) is 5.82 Å². The van der Waals surface area contributed by atoms with Crippen molar-refractivity contribution in [2.45, 2.75) is 6.54 Å². The molecule has 0 aromatic heterocycles. The van der Waals surface area contributed by atoms with Gasteiger partial charge in [-0.1, -0.05) is 12.1 Å². The van der Waals surface area contributed by atoms with E-state index in [9.17, 15) is 14.5 Å². The Balaban J connectivity index is 2.06. The summed E-state index contributed by atoms with van der Waals surface area (Å²) in [6.07, 6.45) is 0. The Kier molecular flexibility index (Phi) is 3.61. The fraction of sp³-hybridized carbons (Fsp3) is 0.0769. The van der Waals surface area contributed by atoms with Crippen LogP contribution in [-0.2, 0) is 6.54 Å². The van der Waals surface area contributed by atoms with Crippen molar-refractivity contribution in [1.29, 1.82) is 0 Å². The highest BCUT2D eigenvalue weighted by atomic mass is 19.1. The molecule has 98 valence electrons. The normalized spacial score (nSPS) is 10.2. The van der Waals surface area contributed by atoms with Crippen molar-refractivity contribution in [3.63, 3.8) is 0 Å². The van der Waals surface area contributed by atoms with E-state index in [0.717, 1.165) is 17.7 Å². The van der Waals surface area contributed by atoms with Crippen molar-refractivity contribution in [3.05, 3.63) is 64.0 Å². The number of nitro groups is 1. The van der Waals surface area contributed by atoms with E-state index in [1.807, 2.05) is 0 Å². The maximum atomic E-state index is 13.4. The van der Waals surface area contributed by atoms with Crippen molar-refractivity contribution in [3.8, 4) is 5.75 Å². The molecule has 0 unspecified atom stereocenters. The van der Waals surface area contributed by atoms with Gasteiger partial charge >= 0.3 is 5.69 Å². The first kappa shape index (κ1) is 12.8. The Hall–Kier alpha value is -2.63. The first-order valence-electron chi connectivity index (χ1n) is 5.52. The van der Waals surface area contributed by atoms with Crippen LogP contribution in [0.25, 0.3) is 0 Å². The van der Waals surface area contributed by atoms with Crippen molar-refractivity contribution < 1.29 is 14.4 Å². The summed E-state index contributed by atoms with van der Waals surface area (Å²) in [6.45, 7) is 0.428. The number of phenols is 1. The van der Waals surface area contributed by atoms with Gasteiger partial charge in [-0.2, -0.15) is 4.39 Å². The van der Waals surface area contributed by atoms with Crippen LogP contribution in [0.1, 0.15) is 5.56 Å². The third kappa shape index (κ3) is 3.19. The van der Waals surface area contributed by atoms with Gasteiger partial charge in [0.25, 0.3) is 0 Å². The second-order valence-electron chi connectivity index (χ2n) is 3.94. The van der Waals surface area contributed by atoms with Gasteiger partial charge in [-0.15, -0.1) is 0 Å². The Morgan fingerprint density at radius 2 is 1.89 bits per heavy atom. The van der Waals surface area contributed by atoms with Crippen LogP contribution in [0.15, 0.2) is 42.5 Å². The number of nitrogens with one attached hydrogen (secondary N) is 1. The number of phenolic OH excluding ortho intramolecular Hbond substituents is 1. The van der Waals surface area contributed by atoms with E-state index < -0.39 is 16.4 Å². The molecule has 0 aliphatic carbocycles. The van der Waals surface area contributed by atoms with E-state index in [1.165, 1.54) is 6.07 Å². The lowest BCUT2D eigenvalue weighted by molar-refractivity contribution is -0.387. The molecule has 2 rings (SSSR count). The minimum Gasteiger partial charge on any atom is -0.508 e. The number of hydrogen-bond acceptors (Lipinski definition) is 4. The van der Waals surface area contributed by atoms with Crippen LogP contribution in [0.4, 0.5) is 15.8 Å². The zero-order chi connectivity index (χ0) is 13.8. The van der Waals surface area contributed by atoms with Gasteiger partial charge in [0, 0.05) is 24.4 Å². The predicted octanol–water partition coefficient (Wildman–Crippen LogP) is 3.05. The zero-order valence-corrected chi connectivity index (χ0v) is 9.84. The summed E-state index contributed by atoms with van der Waals surface area (Å²) < 4.78 is 13.4. The molecule has 0 atom stereocenters. The Morgan fingerprint density at radius 3 is 2.47 bits per heavy atom. The molecule has 0 radical (unpaired) electrons. The monoisotopic (exact) mass is 262 g/mol. The minimum absolute atomic E-state index is 0.171. The summed E-state index contributed by atoms with van der Waals surface area (Å²) in [4.78, 5) is 9.70. The summed E-state index contributed by atoms with van der Waals surface area (Å²) in [6, 6.07) is 10.2. The molecule has 0 aliphatic rings. The number of benzene rings is 2. The van der Waals surface area contributed by atoms with Crippen molar-refractivity contribution in [2.75, 3.05) is 5.32 Å². The molecule has 0 amide bonds. The number of aromatic hydroxyl groups is 1. The highest BCUT2D eigenvalue weighted by Gasteiger charge is 2.13. The molecule has 0 spiro atoms. The van der Waals surface area contributed by atoms with Gasteiger partial charge in [-0.25, -0.2) is 0 Å². The quantitative estimate of drug-likeness (QED) is 0.656. The highest BCUT2D eigenvalue weighted by Crippen LogP contribution is 2.21. The maximum Gasteiger partial charge on any atom is 0.304 e. The van der Waals surface area contributed by atoms with Crippen LogP contribution >= 0.6 is 0 Å². The number of hydrogen-bond donors (Lipinski definition) is 2. The van der Waals surface area contributed by atoms with Gasteiger partial charge in [0.05, 0.1) is 4.92 Å². The summed E-state index contributed by atoms with van der Waals surface area (Å²) in [5, 5.41) is 22.5. The summed E-state index contributed by atoms with van der Waals surface area (Å²) in [7, 11) is 0. The molecule has 0 saturated heterocycles. The third-order valence-corrected chi connectivity index (χ3v) is 2.58. The largest absolute Gasteiger partial charge is 0.508 e. The molecule has 6 heteroatoms. The number of nitrogens with zero attached hydrogens (tertiary/aromatic N) is 1. The minimum atomic E-state index is -0.874. The van der Waals surface area contributed by atoms with E-state index in [-0.39, 0.29) is 5.75 Å². The lowest BCUT2D eigenvalue weighted by Crippen LogP contribution is -2.00. The second kappa shape index (κ2) is 5.34. The molecule has 2 N–H and O–H groups in total. The van der Waals surface area contributed by atoms with Gasteiger partial charge in [-0.05, 0) is 23.8 Å². The molecule has 0 fully saturated rings. The summed E-state index contributed by atoms with van der Waals surface area (Å²) in [5.41, 5.74) is 0.808. The van der Waals surface area contributed by atoms with Crippen molar-refractivity contribution in [1.82, 2.24) is 0 Å². The highest BCUT2D eigenvalue weighted by molar-refractivity contribution is 5.50. The topological polar surface area (TPSA) is 75.4 Å². The molecule has 0 saturated carbocycles. The van der Waals surface area contributed by atoms with Gasteiger partial charge in [0.1, 0.15) is 5.75 Å². The Labute approximate surface area is 108 Å². The van der Waals surface area contributed by atoms with Crippen LogP contribution in [0.3, 0.4) is 0 Å². The fourth-order valence-electron chi connectivity index (χ4n) is 1.58. The molecule has 0 bridgehead atoms. The predicted molar refractivity (Wildman–Crippen MR) is 68.5 cm³/mol. The van der Waals surface area contributed by atoms with Crippen molar-refractivity contribution in [2.24, 2.45) is 0 Å².